The van der Waals surface area contributed by atoms with Gasteiger partial charge in [-0.15, -0.1) is 0 Å². The Morgan fingerprint density at radius 3 is 2.00 bits per heavy atom. The summed E-state index contributed by atoms with van der Waals surface area (Å²) in [6.07, 6.45) is 0. The van der Waals surface area contributed by atoms with Gasteiger partial charge in [-0.3, -0.25) is 9.69 Å². The molecule has 0 aliphatic heterocycles. The minimum atomic E-state index is -0.0801. The van der Waals surface area contributed by atoms with E-state index in [1.807, 2.05) is 25.7 Å². The predicted molar refractivity (Wildman–Crippen MR) is 68.3 cm³/mol. The van der Waals surface area contributed by atoms with E-state index in [-0.39, 0.29) is 11.9 Å². The fourth-order valence-corrected chi connectivity index (χ4v) is 1.99. The van der Waals surface area contributed by atoms with Crippen LogP contribution in [-0.2, 0) is 4.79 Å². The fraction of sp³-hybridized carbons (Fsp3) is 0.917. The Morgan fingerprint density at radius 1 is 1.19 bits per heavy atom. The first-order valence-corrected chi connectivity index (χ1v) is 6.24. The Hall–Kier alpha value is -0.610. The summed E-state index contributed by atoms with van der Waals surface area (Å²) in [5, 5.41) is 0. The van der Waals surface area contributed by atoms with E-state index in [1.54, 1.807) is 0 Å². The first-order chi connectivity index (χ1) is 7.49. The van der Waals surface area contributed by atoms with Crippen LogP contribution in [0, 0.1) is 0 Å². The maximum Gasteiger partial charge on any atom is 0.239 e. The SMILES string of the molecule is CCN(CC)C(=O)C(C)N(CCN)C(C)C. The molecule has 0 saturated carbocycles. The number of likely N-dealkylation sites (N-methyl/N-ethyl adjacent to an activating group) is 1. The summed E-state index contributed by atoms with van der Waals surface area (Å²) in [4.78, 5) is 16.2. The molecule has 0 heterocycles. The molecule has 4 nitrogen and oxygen atoms in total. The van der Waals surface area contributed by atoms with Crippen molar-refractivity contribution >= 4 is 5.91 Å². The highest BCUT2D eigenvalue weighted by Gasteiger charge is 2.25. The van der Waals surface area contributed by atoms with Gasteiger partial charge >= 0.3 is 0 Å². The molecule has 16 heavy (non-hydrogen) atoms. The van der Waals surface area contributed by atoms with Crippen molar-refractivity contribution in [2.24, 2.45) is 5.73 Å². The number of hydrogen-bond donors (Lipinski definition) is 1. The first-order valence-electron chi connectivity index (χ1n) is 6.24. The third-order valence-electron chi connectivity index (χ3n) is 2.98. The summed E-state index contributed by atoms with van der Waals surface area (Å²) in [7, 11) is 0. The van der Waals surface area contributed by atoms with Crippen LogP contribution in [0.3, 0.4) is 0 Å². The van der Waals surface area contributed by atoms with E-state index in [0.29, 0.717) is 12.6 Å². The Balaban J connectivity index is 4.58. The summed E-state index contributed by atoms with van der Waals surface area (Å²) in [5.74, 6) is 0.201. The van der Waals surface area contributed by atoms with Gasteiger partial charge in [0.1, 0.15) is 0 Å². The molecular weight excluding hydrogens is 202 g/mol. The second-order valence-corrected chi connectivity index (χ2v) is 4.31. The largest absolute Gasteiger partial charge is 0.342 e. The van der Waals surface area contributed by atoms with Crippen molar-refractivity contribution < 1.29 is 4.79 Å². The van der Waals surface area contributed by atoms with E-state index >= 15 is 0 Å². The second-order valence-electron chi connectivity index (χ2n) is 4.31. The second kappa shape index (κ2) is 7.63. The zero-order valence-electron chi connectivity index (χ0n) is 11.4. The van der Waals surface area contributed by atoms with Crippen LogP contribution < -0.4 is 5.73 Å². The molecule has 0 spiro atoms. The summed E-state index contributed by atoms with van der Waals surface area (Å²) in [6.45, 7) is 13.1. The molecule has 0 bridgehead atoms. The van der Waals surface area contributed by atoms with Gasteiger partial charge in [-0.2, -0.15) is 0 Å². The third kappa shape index (κ3) is 4.10. The van der Waals surface area contributed by atoms with Crippen molar-refractivity contribution in [3.63, 3.8) is 0 Å². The molecule has 0 aromatic heterocycles. The van der Waals surface area contributed by atoms with Gasteiger partial charge in [-0.1, -0.05) is 0 Å². The van der Waals surface area contributed by atoms with Gasteiger partial charge in [0, 0.05) is 32.2 Å². The lowest BCUT2D eigenvalue weighted by molar-refractivity contribution is -0.136. The molecule has 4 heteroatoms. The molecule has 1 atom stereocenters. The molecule has 0 aromatic carbocycles. The smallest absolute Gasteiger partial charge is 0.239 e. The van der Waals surface area contributed by atoms with E-state index in [0.717, 1.165) is 19.6 Å². The molecule has 1 unspecified atom stereocenters. The van der Waals surface area contributed by atoms with Gasteiger partial charge in [0.2, 0.25) is 5.91 Å². The number of nitrogens with two attached hydrogens (primary N) is 1. The molecule has 0 fully saturated rings. The van der Waals surface area contributed by atoms with Crippen LogP contribution in [0.2, 0.25) is 0 Å². The topological polar surface area (TPSA) is 49.6 Å². The summed E-state index contributed by atoms with van der Waals surface area (Å²) in [6, 6.07) is 0.265. The predicted octanol–water partition coefficient (Wildman–Crippen LogP) is 0.912. The van der Waals surface area contributed by atoms with Crippen LogP contribution in [0.5, 0.6) is 0 Å². The Bertz CT molecular complexity index is 202. The van der Waals surface area contributed by atoms with E-state index in [1.165, 1.54) is 0 Å². The van der Waals surface area contributed by atoms with Crippen LogP contribution in [0.4, 0.5) is 0 Å². The zero-order chi connectivity index (χ0) is 12.7. The van der Waals surface area contributed by atoms with E-state index in [2.05, 4.69) is 18.7 Å². The fourth-order valence-electron chi connectivity index (χ4n) is 1.99. The number of carbonyl (C=O) groups is 1. The molecule has 0 rings (SSSR count). The van der Waals surface area contributed by atoms with Crippen molar-refractivity contribution in [3.8, 4) is 0 Å². The lowest BCUT2D eigenvalue weighted by Crippen LogP contribution is -2.51. The number of hydrogen-bond acceptors (Lipinski definition) is 3. The number of amides is 1. The Labute approximate surface area is 99.8 Å². The van der Waals surface area contributed by atoms with Crippen molar-refractivity contribution in [3.05, 3.63) is 0 Å². The van der Waals surface area contributed by atoms with Gasteiger partial charge in [-0.25, -0.2) is 0 Å². The third-order valence-corrected chi connectivity index (χ3v) is 2.98. The monoisotopic (exact) mass is 229 g/mol. The summed E-state index contributed by atoms with van der Waals surface area (Å²) < 4.78 is 0. The van der Waals surface area contributed by atoms with Gasteiger partial charge in [-0.05, 0) is 34.6 Å². The normalized spacial score (nSPS) is 13.2. The van der Waals surface area contributed by atoms with Gasteiger partial charge in [0.25, 0.3) is 0 Å². The van der Waals surface area contributed by atoms with E-state index < -0.39 is 0 Å². The van der Waals surface area contributed by atoms with Crippen molar-refractivity contribution in [1.29, 1.82) is 0 Å². The van der Waals surface area contributed by atoms with E-state index in [9.17, 15) is 4.79 Å². The highest BCUT2D eigenvalue weighted by molar-refractivity contribution is 5.81. The van der Waals surface area contributed by atoms with Gasteiger partial charge in [0.05, 0.1) is 6.04 Å². The van der Waals surface area contributed by atoms with Gasteiger partial charge in [0.15, 0.2) is 0 Å². The standard InChI is InChI=1S/C12H27N3O/c1-6-14(7-2)12(16)11(5)15(9-8-13)10(3)4/h10-11H,6-9,13H2,1-5H3. The highest BCUT2D eigenvalue weighted by Crippen LogP contribution is 2.08. The van der Waals surface area contributed by atoms with Crippen LogP contribution in [0.15, 0.2) is 0 Å². The van der Waals surface area contributed by atoms with Crippen molar-refractivity contribution in [1.82, 2.24) is 9.80 Å². The molecular formula is C12H27N3O. The minimum absolute atomic E-state index is 0.0801. The average molecular weight is 229 g/mol. The lowest BCUT2D eigenvalue weighted by atomic mass is 10.2. The first kappa shape index (κ1) is 15.4. The van der Waals surface area contributed by atoms with Crippen LogP contribution >= 0.6 is 0 Å². The Kier molecular flexibility index (Phi) is 7.34. The molecule has 2 N–H and O–H groups in total. The van der Waals surface area contributed by atoms with E-state index in [4.69, 9.17) is 5.73 Å². The maximum atomic E-state index is 12.2. The van der Waals surface area contributed by atoms with Crippen LogP contribution in [0.25, 0.3) is 0 Å². The van der Waals surface area contributed by atoms with Crippen LogP contribution in [-0.4, -0.2) is 54.0 Å². The molecule has 0 radical (unpaired) electrons. The van der Waals surface area contributed by atoms with Gasteiger partial charge < -0.3 is 10.6 Å². The molecule has 96 valence electrons. The molecule has 0 aliphatic carbocycles. The van der Waals surface area contributed by atoms with Crippen molar-refractivity contribution in [2.75, 3.05) is 26.2 Å². The number of nitrogens with zero attached hydrogens (tertiary/aromatic N) is 2. The minimum Gasteiger partial charge on any atom is -0.342 e. The molecule has 0 aliphatic rings. The van der Waals surface area contributed by atoms with Crippen molar-refractivity contribution in [2.45, 2.75) is 46.7 Å². The number of carbonyl (C=O) groups excluding carboxylic acids is 1. The van der Waals surface area contributed by atoms with Crippen LogP contribution in [0.1, 0.15) is 34.6 Å². The summed E-state index contributed by atoms with van der Waals surface area (Å²) in [5.41, 5.74) is 5.58. The number of rotatable bonds is 7. The Morgan fingerprint density at radius 2 is 1.69 bits per heavy atom. The molecule has 0 aromatic rings. The molecule has 1 amide bonds. The lowest BCUT2D eigenvalue weighted by Gasteiger charge is -2.34. The highest BCUT2D eigenvalue weighted by atomic mass is 16.2. The quantitative estimate of drug-likeness (QED) is 0.706. The molecule has 0 saturated heterocycles. The maximum absolute atomic E-state index is 12.2. The zero-order valence-corrected chi connectivity index (χ0v) is 11.4. The average Bonchev–Trinajstić information content (AvgIpc) is 2.26. The summed E-state index contributed by atoms with van der Waals surface area (Å²) >= 11 is 0.